The lowest BCUT2D eigenvalue weighted by molar-refractivity contribution is -0.121. The lowest BCUT2D eigenvalue weighted by atomic mass is 9.91. The third kappa shape index (κ3) is 3.31. The number of nitrogens with one attached hydrogen (secondary N) is 1. The van der Waals surface area contributed by atoms with Gasteiger partial charge in [0.2, 0.25) is 11.8 Å². The van der Waals surface area contributed by atoms with Crippen LogP contribution in [-0.4, -0.2) is 17.4 Å². The molecule has 5 heteroatoms. The van der Waals surface area contributed by atoms with Gasteiger partial charge < -0.3 is 16.8 Å². The molecule has 0 saturated heterocycles. The van der Waals surface area contributed by atoms with Crippen LogP contribution in [0.3, 0.4) is 0 Å². The van der Waals surface area contributed by atoms with E-state index in [1.165, 1.54) is 11.6 Å². The van der Waals surface area contributed by atoms with Crippen molar-refractivity contribution < 1.29 is 9.59 Å². The Balaban J connectivity index is 2.30. The van der Waals surface area contributed by atoms with Gasteiger partial charge in [0.25, 0.3) is 0 Å². The minimum atomic E-state index is -1.11. The van der Waals surface area contributed by atoms with Crippen molar-refractivity contribution >= 4 is 11.8 Å². The van der Waals surface area contributed by atoms with Crippen LogP contribution >= 0.6 is 0 Å². The third-order valence-electron chi connectivity index (χ3n) is 3.51. The van der Waals surface area contributed by atoms with E-state index in [0.29, 0.717) is 6.42 Å². The summed E-state index contributed by atoms with van der Waals surface area (Å²) in [5.41, 5.74) is 12.9. The quantitative estimate of drug-likeness (QED) is 0.758. The number of hydrogen-bond acceptors (Lipinski definition) is 3. The molecule has 0 aromatic heterocycles. The average Bonchev–Trinajstić information content (AvgIpc) is 2.40. The maximum absolute atomic E-state index is 11.6. The summed E-state index contributed by atoms with van der Waals surface area (Å²) in [4.78, 5) is 23.1. The van der Waals surface area contributed by atoms with Crippen molar-refractivity contribution in [1.29, 1.82) is 0 Å². The molecule has 0 fully saturated rings. The second-order valence-corrected chi connectivity index (χ2v) is 5.49. The molecule has 1 aromatic rings. The van der Waals surface area contributed by atoms with E-state index in [4.69, 9.17) is 11.5 Å². The first kappa shape index (κ1) is 14.8. The highest BCUT2D eigenvalue weighted by Gasteiger charge is 2.33. The first-order valence-corrected chi connectivity index (χ1v) is 6.67. The lowest BCUT2D eigenvalue weighted by Crippen LogP contribution is -2.53. The van der Waals surface area contributed by atoms with Crippen molar-refractivity contribution in [3.8, 4) is 0 Å². The number of amides is 2. The Kier molecular flexibility index (Phi) is 3.84. The van der Waals surface area contributed by atoms with Gasteiger partial charge in [-0.25, -0.2) is 0 Å². The Bertz CT molecular complexity index is 644. The van der Waals surface area contributed by atoms with Crippen LogP contribution < -0.4 is 16.8 Å². The number of nitrogens with two attached hydrogens (primary N) is 2. The number of carbonyl (C=O) groups excluding carboxylic acids is 2. The van der Waals surface area contributed by atoms with Gasteiger partial charge in [0.15, 0.2) is 0 Å². The van der Waals surface area contributed by atoms with E-state index >= 15 is 0 Å². The van der Waals surface area contributed by atoms with Crippen molar-refractivity contribution in [3.05, 3.63) is 58.8 Å². The van der Waals surface area contributed by atoms with E-state index in [2.05, 4.69) is 5.32 Å². The van der Waals surface area contributed by atoms with Gasteiger partial charge in [-0.05, 0) is 31.6 Å². The summed E-state index contributed by atoms with van der Waals surface area (Å²) < 4.78 is 0. The SMILES string of the molecule is Cc1ccc(CC2=CC(C(N)=O)=CC(C)(C(N)=O)N2)cc1. The number of dihydropyridines is 1. The molecule has 0 radical (unpaired) electrons. The predicted octanol–water partition coefficient (Wildman–Crippen LogP) is 0.680. The second kappa shape index (κ2) is 5.44. The largest absolute Gasteiger partial charge is 0.371 e. The molecule has 0 aliphatic carbocycles. The fourth-order valence-corrected chi connectivity index (χ4v) is 2.24. The van der Waals surface area contributed by atoms with Crippen molar-refractivity contribution in [2.24, 2.45) is 11.5 Å². The van der Waals surface area contributed by atoms with Crippen LogP contribution in [0.5, 0.6) is 0 Å². The zero-order valence-electron chi connectivity index (χ0n) is 12.1. The lowest BCUT2D eigenvalue weighted by Gasteiger charge is -2.31. The van der Waals surface area contributed by atoms with Gasteiger partial charge in [-0.15, -0.1) is 0 Å². The predicted molar refractivity (Wildman–Crippen MR) is 81.0 cm³/mol. The number of hydrogen-bond donors (Lipinski definition) is 3. The van der Waals surface area contributed by atoms with E-state index in [1.807, 2.05) is 31.2 Å². The Morgan fingerprint density at radius 2 is 1.81 bits per heavy atom. The normalized spacial score (nSPS) is 21.0. The summed E-state index contributed by atoms with van der Waals surface area (Å²) >= 11 is 0. The minimum absolute atomic E-state index is 0.289. The standard InChI is InChI=1S/C16H19N3O2/c1-10-3-5-11(6-4-10)7-13-8-12(14(17)20)9-16(2,19-13)15(18)21/h3-6,8-9,19H,7H2,1-2H3,(H2,17,20)(H2,18,21). The second-order valence-electron chi connectivity index (χ2n) is 5.49. The van der Waals surface area contributed by atoms with E-state index in [1.54, 1.807) is 13.0 Å². The molecule has 1 heterocycles. The summed E-state index contributed by atoms with van der Waals surface area (Å²) in [5.74, 6) is -1.14. The van der Waals surface area contributed by atoms with Crippen LogP contribution in [0.1, 0.15) is 18.1 Å². The zero-order chi connectivity index (χ0) is 15.6. The van der Waals surface area contributed by atoms with E-state index in [9.17, 15) is 9.59 Å². The van der Waals surface area contributed by atoms with Crippen molar-refractivity contribution in [2.45, 2.75) is 25.8 Å². The maximum Gasteiger partial charge on any atom is 0.248 e. The van der Waals surface area contributed by atoms with Gasteiger partial charge in [0, 0.05) is 17.7 Å². The Morgan fingerprint density at radius 1 is 1.19 bits per heavy atom. The molecule has 1 atom stereocenters. The van der Waals surface area contributed by atoms with Gasteiger partial charge >= 0.3 is 0 Å². The fraction of sp³-hybridized carbons (Fsp3) is 0.250. The molecule has 0 saturated carbocycles. The molecule has 1 unspecified atom stereocenters. The highest BCUT2D eigenvalue weighted by Crippen LogP contribution is 2.21. The number of primary amides is 2. The smallest absolute Gasteiger partial charge is 0.248 e. The van der Waals surface area contributed by atoms with E-state index in [-0.39, 0.29) is 5.57 Å². The summed E-state index contributed by atoms with van der Waals surface area (Å²) in [6.45, 7) is 3.64. The number of aryl methyl sites for hydroxylation is 1. The molecule has 21 heavy (non-hydrogen) atoms. The number of carbonyl (C=O) groups is 2. The van der Waals surface area contributed by atoms with Crippen LogP contribution in [0.4, 0.5) is 0 Å². The molecular weight excluding hydrogens is 266 g/mol. The molecular formula is C16H19N3O2. The maximum atomic E-state index is 11.6. The van der Waals surface area contributed by atoms with Crippen molar-refractivity contribution in [2.75, 3.05) is 0 Å². The zero-order valence-corrected chi connectivity index (χ0v) is 12.1. The average molecular weight is 285 g/mol. The molecule has 1 aromatic carbocycles. The monoisotopic (exact) mass is 285 g/mol. The topological polar surface area (TPSA) is 98.2 Å². The fourth-order valence-electron chi connectivity index (χ4n) is 2.24. The molecule has 5 N–H and O–H groups in total. The Labute approximate surface area is 123 Å². The number of allylic oxidation sites excluding steroid dienone is 1. The highest BCUT2D eigenvalue weighted by atomic mass is 16.2. The molecule has 2 amide bonds. The van der Waals surface area contributed by atoms with Crippen molar-refractivity contribution in [1.82, 2.24) is 5.32 Å². The molecule has 0 spiro atoms. The third-order valence-corrected chi connectivity index (χ3v) is 3.51. The summed E-state index contributed by atoms with van der Waals surface area (Å²) in [7, 11) is 0. The van der Waals surface area contributed by atoms with Crippen LogP contribution in [0.25, 0.3) is 0 Å². The van der Waals surface area contributed by atoms with E-state index < -0.39 is 17.4 Å². The highest BCUT2D eigenvalue weighted by molar-refractivity contribution is 5.98. The Hall–Kier alpha value is -2.56. The first-order valence-electron chi connectivity index (χ1n) is 6.67. The van der Waals surface area contributed by atoms with Crippen LogP contribution in [0, 0.1) is 6.92 Å². The molecule has 110 valence electrons. The molecule has 5 nitrogen and oxygen atoms in total. The molecule has 1 aliphatic rings. The van der Waals surface area contributed by atoms with Gasteiger partial charge in [-0.1, -0.05) is 29.8 Å². The minimum Gasteiger partial charge on any atom is -0.371 e. The van der Waals surface area contributed by atoms with Crippen LogP contribution in [0.2, 0.25) is 0 Å². The summed E-state index contributed by atoms with van der Waals surface area (Å²) in [6.07, 6.45) is 3.69. The summed E-state index contributed by atoms with van der Waals surface area (Å²) in [5, 5.41) is 3.08. The number of benzene rings is 1. The van der Waals surface area contributed by atoms with Gasteiger partial charge in [-0.2, -0.15) is 0 Å². The van der Waals surface area contributed by atoms with Crippen molar-refractivity contribution in [3.63, 3.8) is 0 Å². The molecule has 1 aliphatic heterocycles. The molecule has 2 rings (SSSR count). The molecule has 0 bridgehead atoms. The first-order chi connectivity index (χ1) is 9.80. The summed E-state index contributed by atoms with van der Waals surface area (Å²) in [6, 6.07) is 8.02. The van der Waals surface area contributed by atoms with Gasteiger partial charge in [0.1, 0.15) is 5.54 Å². The van der Waals surface area contributed by atoms with Gasteiger partial charge in [-0.3, -0.25) is 9.59 Å². The van der Waals surface area contributed by atoms with Crippen LogP contribution in [0.15, 0.2) is 47.7 Å². The van der Waals surface area contributed by atoms with E-state index in [0.717, 1.165) is 11.3 Å². The Morgan fingerprint density at radius 3 is 2.33 bits per heavy atom. The van der Waals surface area contributed by atoms with Gasteiger partial charge in [0.05, 0.1) is 0 Å². The number of rotatable bonds is 4. The van der Waals surface area contributed by atoms with Crippen LogP contribution in [-0.2, 0) is 16.0 Å².